The van der Waals surface area contributed by atoms with E-state index in [-0.39, 0.29) is 53.2 Å². The fourth-order valence-electron chi connectivity index (χ4n) is 9.26. The van der Waals surface area contributed by atoms with Gasteiger partial charge in [-0.25, -0.2) is 0 Å². The second kappa shape index (κ2) is 6.68. The maximum absolute atomic E-state index is 13.3. The molecule has 1 aliphatic heterocycles. The van der Waals surface area contributed by atoms with Crippen LogP contribution in [0.15, 0.2) is 54.6 Å². The van der Waals surface area contributed by atoms with Crippen molar-refractivity contribution in [3.8, 4) is 0 Å². The Labute approximate surface area is 193 Å². The van der Waals surface area contributed by atoms with Crippen LogP contribution in [0.4, 0.5) is 0 Å². The summed E-state index contributed by atoms with van der Waals surface area (Å²) in [5.74, 6) is 1.30. The van der Waals surface area contributed by atoms with Crippen LogP contribution in [0.2, 0.25) is 0 Å². The highest BCUT2D eigenvalue weighted by molar-refractivity contribution is 6.06. The molecule has 33 heavy (non-hydrogen) atoms. The van der Waals surface area contributed by atoms with E-state index in [1.165, 1.54) is 4.90 Å². The number of carbonyl (C=O) groups is 3. The van der Waals surface area contributed by atoms with E-state index in [9.17, 15) is 19.5 Å². The van der Waals surface area contributed by atoms with Crippen molar-refractivity contribution in [1.82, 2.24) is 4.90 Å². The largest absolute Gasteiger partial charge is 0.481 e. The molecule has 0 spiro atoms. The van der Waals surface area contributed by atoms with Crippen LogP contribution in [0.1, 0.15) is 24.3 Å². The van der Waals surface area contributed by atoms with E-state index in [0.29, 0.717) is 29.6 Å². The van der Waals surface area contributed by atoms with Crippen molar-refractivity contribution in [1.29, 1.82) is 0 Å². The molecule has 1 heterocycles. The summed E-state index contributed by atoms with van der Waals surface area (Å²) in [6.07, 6.45) is 10.8. The Morgan fingerprint density at radius 3 is 2.42 bits per heavy atom. The molecule has 12 atom stereocenters. The minimum Gasteiger partial charge on any atom is -0.481 e. The standard InChI is InChI=1S/C28H29NO4/c1-29-26(30)21-14(7-8-15(25(21)27(29)31)13-5-3-2-4-6-13)11-18-20-12-19-16-9-10-17(23(18)22(16)20)24(19)28(32)33/h2-10,14-25H,11-12H2,1H3,(H,32,33). The fourth-order valence-corrected chi connectivity index (χ4v) is 9.26. The Morgan fingerprint density at radius 2 is 1.67 bits per heavy atom. The first-order chi connectivity index (χ1) is 16.0. The van der Waals surface area contributed by atoms with Gasteiger partial charge in [0.1, 0.15) is 0 Å². The number of fused-ring (bicyclic) bond motifs is 1. The molecule has 1 saturated heterocycles. The third-order valence-corrected chi connectivity index (χ3v) is 10.4. The molecule has 1 aromatic rings. The van der Waals surface area contributed by atoms with Crippen LogP contribution in [0, 0.1) is 65.1 Å². The predicted octanol–water partition coefficient (Wildman–Crippen LogP) is 3.59. The number of imide groups is 1. The van der Waals surface area contributed by atoms with Crippen LogP contribution in [-0.4, -0.2) is 34.8 Å². The number of hydrogen-bond donors (Lipinski definition) is 1. The molecule has 5 nitrogen and oxygen atoms in total. The summed E-state index contributed by atoms with van der Waals surface area (Å²) < 4.78 is 0. The Morgan fingerprint density at radius 1 is 0.939 bits per heavy atom. The maximum atomic E-state index is 13.3. The quantitative estimate of drug-likeness (QED) is 0.570. The number of hydrogen-bond acceptors (Lipinski definition) is 3. The van der Waals surface area contributed by atoms with E-state index in [2.05, 4.69) is 24.3 Å². The van der Waals surface area contributed by atoms with Crippen LogP contribution >= 0.6 is 0 Å². The van der Waals surface area contributed by atoms with Crippen LogP contribution in [0.3, 0.4) is 0 Å². The van der Waals surface area contributed by atoms with Gasteiger partial charge >= 0.3 is 5.97 Å². The van der Waals surface area contributed by atoms with E-state index < -0.39 is 5.97 Å². The van der Waals surface area contributed by atoms with Gasteiger partial charge in [0.05, 0.1) is 17.8 Å². The van der Waals surface area contributed by atoms with Gasteiger partial charge in [0.2, 0.25) is 11.8 Å². The molecule has 2 amide bonds. The van der Waals surface area contributed by atoms with Crippen LogP contribution in [0.25, 0.3) is 0 Å². The number of carbonyl (C=O) groups excluding carboxylic acids is 2. The van der Waals surface area contributed by atoms with Gasteiger partial charge in [0.25, 0.3) is 0 Å². The predicted molar refractivity (Wildman–Crippen MR) is 120 cm³/mol. The van der Waals surface area contributed by atoms with Crippen molar-refractivity contribution >= 4 is 17.8 Å². The van der Waals surface area contributed by atoms with Gasteiger partial charge in [-0.2, -0.15) is 0 Å². The molecule has 170 valence electrons. The van der Waals surface area contributed by atoms with Crippen molar-refractivity contribution in [2.75, 3.05) is 7.05 Å². The number of benzene rings is 1. The van der Waals surface area contributed by atoms with Gasteiger partial charge < -0.3 is 5.11 Å². The summed E-state index contributed by atoms with van der Waals surface area (Å²) in [5.41, 5.74) is 1.09. The Hall–Kier alpha value is -2.69. The molecule has 0 radical (unpaired) electrons. The molecule has 5 heteroatoms. The molecule has 7 aliphatic rings. The highest BCUT2D eigenvalue weighted by Crippen LogP contribution is 2.73. The molecule has 3 saturated carbocycles. The van der Waals surface area contributed by atoms with Crippen LogP contribution in [0.5, 0.6) is 0 Å². The second-order valence-electron chi connectivity index (χ2n) is 11.3. The number of carboxylic acids is 1. The highest BCUT2D eigenvalue weighted by Gasteiger charge is 2.70. The van der Waals surface area contributed by atoms with Gasteiger partial charge in [0, 0.05) is 13.0 Å². The molecule has 0 aromatic heterocycles. The summed E-state index contributed by atoms with van der Waals surface area (Å²) in [6.45, 7) is 0. The lowest BCUT2D eigenvalue weighted by molar-refractivity contribution is -0.156. The van der Waals surface area contributed by atoms with Crippen molar-refractivity contribution in [2.24, 2.45) is 65.1 Å². The molecule has 12 unspecified atom stereocenters. The molecule has 6 aliphatic carbocycles. The smallest absolute Gasteiger partial charge is 0.307 e. The van der Waals surface area contributed by atoms with Crippen LogP contribution in [-0.2, 0) is 14.4 Å². The normalized spacial score (nSPS) is 48.2. The minimum absolute atomic E-state index is 0.0447. The van der Waals surface area contributed by atoms with Gasteiger partial charge in [-0.15, -0.1) is 0 Å². The van der Waals surface area contributed by atoms with Crippen molar-refractivity contribution in [2.45, 2.75) is 18.8 Å². The molecule has 1 aromatic carbocycles. The van der Waals surface area contributed by atoms with E-state index in [0.717, 1.165) is 18.4 Å². The third-order valence-electron chi connectivity index (χ3n) is 10.4. The monoisotopic (exact) mass is 443 g/mol. The first-order valence-electron chi connectivity index (χ1n) is 12.4. The maximum Gasteiger partial charge on any atom is 0.307 e. The van der Waals surface area contributed by atoms with Gasteiger partial charge in [-0.1, -0.05) is 54.6 Å². The summed E-state index contributed by atoms with van der Waals surface area (Å²) in [4.78, 5) is 39.9. The second-order valence-corrected chi connectivity index (χ2v) is 11.3. The zero-order valence-corrected chi connectivity index (χ0v) is 18.7. The Balaban J connectivity index is 1.21. The lowest BCUT2D eigenvalue weighted by Gasteiger charge is -2.59. The van der Waals surface area contributed by atoms with Crippen molar-refractivity contribution in [3.63, 3.8) is 0 Å². The average Bonchev–Trinajstić information content (AvgIpc) is 3.18. The molecule has 4 bridgehead atoms. The topological polar surface area (TPSA) is 74.7 Å². The van der Waals surface area contributed by atoms with E-state index in [4.69, 9.17) is 0 Å². The van der Waals surface area contributed by atoms with Crippen molar-refractivity contribution in [3.05, 3.63) is 60.2 Å². The Bertz CT molecular complexity index is 1110. The molecular formula is C28H29NO4. The molecule has 4 fully saturated rings. The molecular weight excluding hydrogens is 414 g/mol. The zero-order valence-electron chi connectivity index (χ0n) is 18.7. The first kappa shape index (κ1) is 19.7. The summed E-state index contributed by atoms with van der Waals surface area (Å²) in [7, 11) is 1.63. The lowest BCUT2D eigenvalue weighted by Crippen LogP contribution is -2.57. The average molecular weight is 444 g/mol. The fraction of sp³-hybridized carbons (Fsp3) is 0.536. The van der Waals surface area contributed by atoms with Gasteiger partial charge in [-0.3, -0.25) is 19.3 Å². The van der Waals surface area contributed by atoms with Crippen LogP contribution < -0.4 is 0 Å². The number of rotatable bonds is 4. The van der Waals surface area contributed by atoms with Gasteiger partial charge in [0.15, 0.2) is 0 Å². The lowest BCUT2D eigenvalue weighted by atomic mass is 9.44. The highest BCUT2D eigenvalue weighted by atomic mass is 16.4. The minimum atomic E-state index is -0.634. The summed E-state index contributed by atoms with van der Waals surface area (Å²) in [5, 5.41) is 9.95. The summed E-state index contributed by atoms with van der Waals surface area (Å²) >= 11 is 0. The zero-order chi connectivity index (χ0) is 22.6. The molecule has 1 N–H and O–H groups in total. The number of allylic oxidation sites excluding steroid dienone is 4. The number of amides is 2. The third kappa shape index (κ3) is 2.41. The number of likely N-dealkylation sites (tertiary alicyclic amines) is 1. The number of aliphatic carboxylic acids is 1. The van der Waals surface area contributed by atoms with Gasteiger partial charge in [-0.05, 0) is 65.7 Å². The molecule has 8 rings (SSSR count). The van der Waals surface area contributed by atoms with Crippen molar-refractivity contribution < 1.29 is 19.5 Å². The van der Waals surface area contributed by atoms with E-state index >= 15 is 0 Å². The van der Waals surface area contributed by atoms with E-state index in [1.54, 1.807) is 7.05 Å². The van der Waals surface area contributed by atoms with E-state index in [1.807, 2.05) is 30.3 Å². The number of nitrogens with zero attached hydrogens (tertiary/aromatic N) is 1. The SMILES string of the molecule is CN1C(=O)C2C(CC3C4CC5C6C=CC(C5C(=O)O)C3C64)C=CC(c3ccccc3)C2C1=O. The first-order valence-corrected chi connectivity index (χ1v) is 12.4. The summed E-state index contributed by atoms with van der Waals surface area (Å²) in [6, 6.07) is 10.0. The Kier molecular flexibility index (Phi) is 4.00. The number of carboxylic acid groups (broad SMARTS) is 1.